The van der Waals surface area contributed by atoms with Crippen LogP contribution in [0.1, 0.15) is 31.4 Å². The summed E-state index contributed by atoms with van der Waals surface area (Å²) in [4.78, 5) is 51.3. The minimum absolute atomic E-state index is 0.149. The molecule has 1 N–H and O–H groups in total. The molecule has 1 aromatic carbocycles. The fraction of sp³-hybridized carbons (Fsp3) is 0.565. The molecule has 0 aromatic heterocycles. The Morgan fingerprint density at radius 1 is 1.03 bits per heavy atom. The number of halogens is 2. The van der Waals surface area contributed by atoms with Crippen molar-refractivity contribution in [2.75, 3.05) is 18.5 Å². The number of carbonyl (C=O) groups excluding carboxylic acids is 4. The first kappa shape index (κ1) is 23.1. The van der Waals surface area contributed by atoms with Gasteiger partial charge >= 0.3 is 5.97 Å². The molecular formula is C23H26Cl2N2O5. The van der Waals surface area contributed by atoms with Gasteiger partial charge in [-0.3, -0.25) is 24.1 Å². The summed E-state index contributed by atoms with van der Waals surface area (Å²) < 4.78 is 5.07. The van der Waals surface area contributed by atoms with Gasteiger partial charge in [0.2, 0.25) is 11.8 Å². The van der Waals surface area contributed by atoms with Crippen LogP contribution in [0.5, 0.6) is 0 Å². The van der Waals surface area contributed by atoms with Crippen molar-refractivity contribution in [2.45, 2.75) is 43.9 Å². The highest BCUT2D eigenvalue weighted by molar-refractivity contribution is 6.31. The van der Waals surface area contributed by atoms with Gasteiger partial charge in [-0.15, -0.1) is 23.2 Å². The Morgan fingerprint density at radius 2 is 1.56 bits per heavy atom. The van der Waals surface area contributed by atoms with Gasteiger partial charge in [0.1, 0.15) is 6.54 Å². The predicted molar refractivity (Wildman–Crippen MR) is 119 cm³/mol. The van der Waals surface area contributed by atoms with Crippen LogP contribution in [0.4, 0.5) is 5.69 Å². The lowest BCUT2D eigenvalue weighted by Crippen LogP contribution is -2.38. The van der Waals surface area contributed by atoms with E-state index in [4.69, 9.17) is 27.9 Å². The van der Waals surface area contributed by atoms with Crippen LogP contribution in [0.15, 0.2) is 18.2 Å². The largest absolute Gasteiger partial charge is 0.454 e. The minimum Gasteiger partial charge on any atom is -0.454 e. The number of alkyl halides is 2. The van der Waals surface area contributed by atoms with Crippen LogP contribution in [-0.4, -0.2) is 52.5 Å². The molecule has 1 heterocycles. The topological polar surface area (TPSA) is 92.8 Å². The molecule has 0 radical (unpaired) electrons. The average molecular weight is 481 g/mol. The Bertz CT molecular complexity index is 913. The second kappa shape index (κ2) is 9.02. The fourth-order valence-corrected chi connectivity index (χ4v) is 6.36. The first-order valence-corrected chi connectivity index (χ1v) is 11.8. The molecule has 3 aliphatic rings. The summed E-state index contributed by atoms with van der Waals surface area (Å²) in [6.45, 7) is 2.98. The van der Waals surface area contributed by atoms with Crippen LogP contribution in [0.3, 0.4) is 0 Å². The van der Waals surface area contributed by atoms with Crippen molar-refractivity contribution in [2.24, 2.45) is 23.7 Å². The first-order valence-electron chi connectivity index (χ1n) is 11.0. The van der Waals surface area contributed by atoms with E-state index in [9.17, 15) is 19.2 Å². The number of likely N-dealkylation sites (tertiary alicyclic amines) is 1. The smallest absolute Gasteiger partial charge is 0.326 e. The van der Waals surface area contributed by atoms with Crippen LogP contribution in [-0.2, 0) is 36.8 Å². The quantitative estimate of drug-likeness (QED) is 0.367. The standard InChI is InChI=1S/C23H26Cl2N2O5/c1-3-11-6-5-7-12(4-2)21(11)26-15(28)10-32-16(29)9-27-22(30)17-13-8-14(18(17)23(27)31)20(25)19(13)24/h5-7,13-14,17-20H,3-4,8-10H2,1-2H3,(H,26,28)/t13-,14-,17-,18+,19-,20+/m1/s1. The molecule has 4 rings (SSSR count). The number of benzene rings is 1. The van der Waals surface area contributed by atoms with Gasteiger partial charge in [-0.25, -0.2) is 0 Å². The number of carbonyl (C=O) groups is 4. The molecule has 9 heteroatoms. The van der Waals surface area contributed by atoms with Crippen molar-refractivity contribution in [1.82, 2.24) is 4.90 Å². The van der Waals surface area contributed by atoms with E-state index in [0.717, 1.165) is 34.6 Å². The zero-order valence-corrected chi connectivity index (χ0v) is 19.5. The molecule has 0 unspecified atom stereocenters. The van der Waals surface area contributed by atoms with E-state index in [1.54, 1.807) is 0 Å². The van der Waals surface area contributed by atoms with Crippen molar-refractivity contribution in [1.29, 1.82) is 0 Å². The molecule has 2 aliphatic carbocycles. The molecule has 1 aliphatic heterocycles. The highest BCUT2D eigenvalue weighted by atomic mass is 35.5. The van der Waals surface area contributed by atoms with Crippen LogP contribution in [0, 0.1) is 23.7 Å². The van der Waals surface area contributed by atoms with Gasteiger partial charge < -0.3 is 10.1 Å². The Kier molecular flexibility index (Phi) is 6.50. The third kappa shape index (κ3) is 3.79. The molecular weight excluding hydrogens is 455 g/mol. The van der Waals surface area contributed by atoms with Crippen LogP contribution >= 0.6 is 23.2 Å². The van der Waals surface area contributed by atoms with Gasteiger partial charge in [0, 0.05) is 5.69 Å². The van der Waals surface area contributed by atoms with E-state index in [1.165, 1.54) is 0 Å². The van der Waals surface area contributed by atoms with E-state index >= 15 is 0 Å². The lowest BCUT2D eigenvalue weighted by molar-refractivity contribution is -0.154. The molecule has 2 saturated carbocycles. The van der Waals surface area contributed by atoms with Crippen molar-refractivity contribution < 1.29 is 23.9 Å². The maximum Gasteiger partial charge on any atom is 0.326 e. The summed E-state index contributed by atoms with van der Waals surface area (Å²) in [5.74, 6) is -3.40. The fourth-order valence-electron chi connectivity index (χ4n) is 5.47. The molecule has 32 heavy (non-hydrogen) atoms. The zero-order valence-electron chi connectivity index (χ0n) is 18.0. The lowest BCUT2D eigenvalue weighted by Gasteiger charge is -2.28. The van der Waals surface area contributed by atoms with Crippen molar-refractivity contribution in [3.8, 4) is 0 Å². The number of para-hydroxylation sites is 1. The third-order valence-electron chi connectivity index (χ3n) is 6.99. The maximum absolute atomic E-state index is 12.8. The molecule has 0 spiro atoms. The normalized spacial score (nSPS) is 30.6. The number of aryl methyl sites for hydroxylation is 2. The predicted octanol–water partition coefficient (Wildman–Crippen LogP) is 2.76. The summed E-state index contributed by atoms with van der Waals surface area (Å²) >= 11 is 12.7. The van der Waals surface area contributed by atoms with Crippen LogP contribution < -0.4 is 5.32 Å². The summed E-state index contributed by atoms with van der Waals surface area (Å²) in [6.07, 6.45) is 2.16. The number of ether oxygens (including phenoxy) is 1. The number of hydrogen-bond donors (Lipinski definition) is 1. The molecule has 3 amide bonds. The van der Waals surface area contributed by atoms with Gasteiger partial charge in [0.25, 0.3) is 5.91 Å². The SMILES string of the molecule is CCc1cccc(CC)c1NC(=O)COC(=O)CN1C(=O)[C@@H]2[C@H]3C[C@@H]([C@H](Cl)[C@@H]3Cl)[C@@H]2C1=O. The summed E-state index contributed by atoms with van der Waals surface area (Å²) in [5, 5.41) is 2.11. The highest BCUT2D eigenvalue weighted by Gasteiger charge is 2.66. The third-order valence-corrected chi connectivity index (χ3v) is 8.31. The number of nitrogens with one attached hydrogen (secondary N) is 1. The van der Waals surface area contributed by atoms with Crippen LogP contribution in [0.2, 0.25) is 0 Å². The van der Waals surface area contributed by atoms with Gasteiger partial charge in [0.05, 0.1) is 22.6 Å². The average Bonchev–Trinajstić information content (AvgIpc) is 3.39. The number of amides is 3. The number of esters is 1. The molecule has 3 fully saturated rings. The van der Waals surface area contributed by atoms with E-state index in [2.05, 4.69) is 5.32 Å². The number of fused-ring (bicyclic) bond motifs is 5. The molecule has 1 aromatic rings. The number of imide groups is 1. The minimum atomic E-state index is -0.807. The van der Waals surface area contributed by atoms with Crippen molar-refractivity contribution in [3.63, 3.8) is 0 Å². The molecule has 6 atom stereocenters. The monoisotopic (exact) mass is 480 g/mol. The van der Waals surface area contributed by atoms with Gasteiger partial charge in [-0.2, -0.15) is 0 Å². The van der Waals surface area contributed by atoms with Crippen molar-refractivity contribution in [3.05, 3.63) is 29.3 Å². The summed E-state index contributed by atoms with van der Waals surface area (Å²) in [5.41, 5.74) is 2.72. The molecule has 1 saturated heterocycles. The number of nitrogens with zero attached hydrogens (tertiary/aromatic N) is 1. The van der Waals surface area contributed by atoms with E-state index < -0.39 is 48.7 Å². The molecule has 172 valence electrons. The van der Waals surface area contributed by atoms with Gasteiger partial charge in [0.15, 0.2) is 6.61 Å². The first-order chi connectivity index (χ1) is 15.3. The Labute approximate surface area is 196 Å². The van der Waals surface area contributed by atoms with E-state index in [0.29, 0.717) is 6.42 Å². The maximum atomic E-state index is 12.8. The van der Waals surface area contributed by atoms with E-state index in [-0.39, 0.29) is 22.6 Å². The van der Waals surface area contributed by atoms with E-state index in [1.807, 2.05) is 32.0 Å². The zero-order chi connectivity index (χ0) is 23.2. The number of rotatable bonds is 7. The number of anilines is 1. The Hall–Kier alpha value is -2.12. The van der Waals surface area contributed by atoms with Gasteiger partial charge in [-0.05, 0) is 42.2 Å². The highest BCUT2D eigenvalue weighted by Crippen LogP contribution is 2.59. The van der Waals surface area contributed by atoms with Crippen molar-refractivity contribution >= 4 is 52.6 Å². The van der Waals surface area contributed by atoms with Crippen LogP contribution in [0.25, 0.3) is 0 Å². The molecule has 2 bridgehead atoms. The second-order valence-electron chi connectivity index (χ2n) is 8.63. The molecule has 7 nitrogen and oxygen atoms in total. The summed E-state index contributed by atoms with van der Waals surface area (Å²) in [7, 11) is 0. The number of hydrogen-bond acceptors (Lipinski definition) is 5. The lowest BCUT2D eigenvalue weighted by atomic mass is 9.80. The Morgan fingerprint density at radius 3 is 2.06 bits per heavy atom. The summed E-state index contributed by atoms with van der Waals surface area (Å²) in [6, 6.07) is 5.82. The second-order valence-corrected chi connectivity index (χ2v) is 9.64. The Balaban J connectivity index is 1.34. The van der Waals surface area contributed by atoms with Gasteiger partial charge in [-0.1, -0.05) is 32.0 Å².